The molecule has 2 aliphatic rings. The number of ether oxygens (including phenoxy) is 1. The van der Waals surface area contributed by atoms with Crippen molar-refractivity contribution in [2.24, 2.45) is 0 Å². The van der Waals surface area contributed by atoms with E-state index >= 15 is 0 Å². The Morgan fingerprint density at radius 1 is 0.884 bits per heavy atom. The maximum absolute atomic E-state index is 11.2. The Bertz CT molecular complexity index is 1600. The fourth-order valence-electron chi connectivity index (χ4n) is 6.60. The van der Waals surface area contributed by atoms with E-state index in [9.17, 15) is 9.90 Å². The molecule has 1 atom stereocenters. The van der Waals surface area contributed by atoms with E-state index in [2.05, 4.69) is 101 Å². The lowest BCUT2D eigenvalue weighted by molar-refractivity contribution is -0.137. The van der Waals surface area contributed by atoms with Crippen LogP contribution in [0.25, 0.3) is 0 Å². The van der Waals surface area contributed by atoms with Gasteiger partial charge in [0.25, 0.3) is 0 Å². The summed E-state index contributed by atoms with van der Waals surface area (Å²) in [7, 11) is 0. The first-order valence-corrected chi connectivity index (χ1v) is 15.1. The zero-order valence-electron chi connectivity index (χ0n) is 24.7. The first-order valence-electron chi connectivity index (χ1n) is 15.1. The van der Waals surface area contributed by atoms with E-state index in [-0.39, 0.29) is 17.8 Å². The number of para-hydroxylation sites is 2. The zero-order chi connectivity index (χ0) is 29.6. The van der Waals surface area contributed by atoms with Gasteiger partial charge in [-0.05, 0) is 85.4 Å². The monoisotopic (exact) mass is 570 g/mol. The van der Waals surface area contributed by atoms with Gasteiger partial charge in [0.2, 0.25) is 0 Å². The van der Waals surface area contributed by atoms with Crippen molar-refractivity contribution in [1.82, 2.24) is 4.90 Å². The predicted molar refractivity (Wildman–Crippen MR) is 172 cm³/mol. The van der Waals surface area contributed by atoms with Gasteiger partial charge in [-0.15, -0.1) is 5.92 Å². The molecule has 0 bridgehead atoms. The van der Waals surface area contributed by atoms with Crippen LogP contribution in [-0.2, 0) is 23.4 Å². The Morgan fingerprint density at radius 3 is 2.26 bits per heavy atom. The molecule has 2 aliphatic heterocycles. The van der Waals surface area contributed by atoms with Crippen LogP contribution in [0.3, 0.4) is 0 Å². The number of nitrogens with zero attached hydrogens (tertiary/aromatic N) is 2. The van der Waals surface area contributed by atoms with Crippen molar-refractivity contribution in [2.45, 2.75) is 50.7 Å². The molecule has 0 amide bonds. The van der Waals surface area contributed by atoms with Crippen LogP contribution in [-0.4, -0.2) is 35.6 Å². The third-order valence-corrected chi connectivity index (χ3v) is 8.92. The first-order chi connectivity index (χ1) is 21.0. The molecule has 0 aromatic heterocycles. The van der Waals surface area contributed by atoms with E-state index in [1.165, 1.54) is 35.3 Å². The largest absolute Gasteiger partial charge is 0.489 e. The van der Waals surface area contributed by atoms with Crippen molar-refractivity contribution in [3.05, 3.63) is 125 Å². The van der Waals surface area contributed by atoms with Crippen molar-refractivity contribution in [2.75, 3.05) is 24.5 Å². The Balaban J connectivity index is 1.02. The molecule has 43 heavy (non-hydrogen) atoms. The molecule has 1 N–H and O–H groups in total. The van der Waals surface area contributed by atoms with Crippen LogP contribution in [0, 0.1) is 11.8 Å². The van der Waals surface area contributed by atoms with Crippen molar-refractivity contribution in [1.29, 1.82) is 0 Å². The van der Waals surface area contributed by atoms with Gasteiger partial charge in [-0.1, -0.05) is 78.7 Å². The summed E-state index contributed by atoms with van der Waals surface area (Å²) in [6, 6.07) is 36.1. The molecule has 0 saturated carbocycles. The number of carbonyl (C=O) groups is 1. The van der Waals surface area contributed by atoms with Crippen LogP contribution in [0.4, 0.5) is 11.4 Å². The highest BCUT2D eigenvalue weighted by atomic mass is 16.5. The van der Waals surface area contributed by atoms with Gasteiger partial charge in [0.15, 0.2) is 0 Å². The molecule has 2 heterocycles. The Morgan fingerprint density at radius 2 is 1.56 bits per heavy atom. The van der Waals surface area contributed by atoms with Gasteiger partial charge in [-0.25, -0.2) is 0 Å². The number of rotatable bonds is 9. The van der Waals surface area contributed by atoms with E-state index in [4.69, 9.17) is 4.74 Å². The molecule has 1 spiro atoms. The molecule has 4 aromatic carbocycles. The quantitative estimate of drug-likeness (QED) is 0.211. The molecule has 4 aromatic rings. The third kappa shape index (κ3) is 6.45. The van der Waals surface area contributed by atoms with Crippen molar-refractivity contribution >= 4 is 17.3 Å². The second-order valence-electron chi connectivity index (χ2n) is 11.7. The van der Waals surface area contributed by atoms with Crippen LogP contribution < -0.4 is 9.64 Å². The number of likely N-dealkylation sites (tertiary alicyclic amines) is 1. The van der Waals surface area contributed by atoms with E-state index in [1.54, 1.807) is 6.92 Å². The summed E-state index contributed by atoms with van der Waals surface area (Å²) in [5, 5.41) is 9.17. The van der Waals surface area contributed by atoms with Gasteiger partial charge in [-0.2, -0.15) is 0 Å². The molecule has 1 saturated heterocycles. The van der Waals surface area contributed by atoms with E-state index < -0.39 is 5.97 Å². The number of anilines is 2. The SMILES string of the molecule is CC#CC(CC(=O)O)c1ccc(OCc2ccc(CN3CCC4(CC3)CN(c3ccccc3)c3ccccc34)cc2)cc1. The Hall–Kier alpha value is -4.53. The van der Waals surface area contributed by atoms with Crippen molar-refractivity contribution in [3.8, 4) is 17.6 Å². The minimum atomic E-state index is -0.851. The van der Waals surface area contributed by atoms with Crippen LogP contribution in [0.2, 0.25) is 0 Å². The first kappa shape index (κ1) is 28.6. The second kappa shape index (κ2) is 12.8. The van der Waals surface area contributed by atoms with Crippen LogP contribution in [0.15, 0.2) is 103 Å². The number of benzene rings is 4. The average Bonchev–Trinajstić information content (AvgIpc) is 3.36. The number of aliphatic carboxylic acids is 1. The molecular formula is C38H38N2O3. The minimum Gasteiger partial charge on any atom is -0.489 e. The normalized spacial score (nSPS) is 16.3. The van der Waals surface area contributed by atoms with Crippen LogP contribution in [0.5, 0.6) is 5.75 Å². The summed E-state index contributed by atoms with van der Waals surface area (Å²) in [6.45, 7) is 6.41. The van der Waals surface area contributed by atoms with Crippen LogP contribution in [0.1, 0.15) is 54.4 Å². The van der Waals surface area contributed by atoms with Gasteiger partial charge in [0, 0.05) is 29.9 Å². The van der Waals surface area contributed by atoms with Gasteiger partial charge in [-0.3, -0.25) is 9.69 Å². The van der Waals surface area contributed by atoms with Gasteiger partial charge in [0.1, 0.15) is 12.4 Å². The lowest BCUT2D eigenvalue weighted by Gasteiger charge is -2.40. The summed E-state index contributed by atoms with van der Waals surface area (Å²) in [5.41, 5.74) is 7.70. The number of hydrogen-bond acceptors (Lipinski definition) is 4. The highest BCUT2D eigenvalue weighted by Crippen LogP contribution is 2.49. The van der Waals surface area contributed by atoms with Crippen LogP contribution >= 0.6 is 0 Å². The highest BCUT2D eigenvalue weighted by Gasteiger charge is 2.44. The standard InChI is InChI=1S/C38H38N2O3/c1-2-8-32(25-37(41)42)31-17-19-34(20-18-31)43-27-30-15-13-29(14-16-30)26-39-23-21-38(22-24-39)28-40(33-9-4-3-5-10-33)36-12-7-6-11-35(36)38/h3-7,9-20,32H,21-28H2,1H3,(H,41,42). The summed E-state index contributed by atoms with van der Waals surface area (Å²) >= 11 is 0. The fourth-order valence-corrected chi connectivity index (χ4v) is 6.60. The van der Waals surface area contributed by atoms with Gasteiger partial charge >= 0.3 is 5.97 Å². The second-order valence-corrected chi connectivity index (χ2v) is 11.7. The lowest BCUT2D eigenvalue weighted by atomic mass is 9.74. The molecular weight excluding hydrogens is 532 g/mol. The molecule has 1 fully saturated rings. The Kier molecular flexibility index (Phi) is 8.49. The maximum Gasteiger partial charge on any atom is 0.304 e. The van der Waals surface area contributed by atoms with Gasteiger partial charge < -0.3 is 14.7 Å². The topological polar surface area (TPSA) is 53.0 Å². The molecule has 5 nitrogen and oxygen atoms in total. The van der Waals surface area contributed by atoms with E-state index in [0.29, 0.717) is 6.61 Å². The molecule has 6 rings (SSSR count). The smallest absolute Gasteiger partial charge is 0.304 e. The van der Waals surface area contributed by atoms with Gasteiger partial charge in [0.05, 0.1) is 12.3 Å². The number of piperidine rings is 1. The molecule has 0 radical (unpaired) electrons. The molecule has 5 heteroatoms. The van der Waals surface area contributed by atoms with E-state index in [1.807, 2.05) is 24.3 Å². The zero-order valence-corrected chi connectivity index (χ0v) is 24.7. The average molecular weight is 571 g/mol. The summed E-state index contributed by atoms with van der Waals surface area (Å²) < 4.78 is 6.01. The highest BCUT2D eigenvalue weighted by molar-refractivity contribution is 5.73. The van der Waals surface area contributed by atoms with Crippen molar-refractivity contribution in [3.63, 3.8) is 0 Å². The molecule has 0 aliphatic carbocycles. The summed E-state index contributed by atoms with van der Waals surface area (Å²) in [6.07, 6.45) is 2.33. The maximum atomic E-state index is 11.2. The lowest BCUT2D eigenvalue weighted by Crippen LogP contribution is -2.44. The summed E-state index contributed by atoms with van der Waals surface area (Å²) in [5.74, 6) is 5.42. The summed E-state index contributed by atoms with van der Waals surface area (Å²) in [4.78, 5) is 16.3. The Labute approximate surface area is 254 Å². The number of carboxylic acids is 1. The fraction of sp³-hybridized carbons (Fsp3) is 0.289. The van der Waals surface area contributed by atoms with Crippen molar-refractivity contribution < 1.29 is 14.6 Å². The number of fused-ring (bicyclic) bond motifs is 2. The predicted octanol–water partition coefficient (Wildman–Crippen LogP) is 7.53. The molecule has 1 unspecified atom stereocenters. The number of carboxylic acid groups (broad SMARTS) is 1. The van der Waals surface area contributed by atoms with E-state index in [0.717, 1.165) is 43.1 Å². The third-order valence-electron chi connectivity index (χ3n) is 8.92. The minimum absolute atomic E-state index is 0.00743. The number of hydrogen-bond donors (Lipinski definition) is 1. The molecule has 218 valence electrons.